The smallest absolute Gasteiger partial charge is 0.0236 e. The number of hydrogen-bond acceptors (Lipinski definition) is 0. The van der Waals surface area contributed by atoms with Crippen LogP contribution in [-0.4, -0.2) is 0 Å². The molecule has 0 saturated heterocycles. The van der Waals surface area contributed by atoms with Crippen LogP contribution in [0.1, 0.15) is 46.2 Å². The van der Waals surface area contributed by atoms with E-state index in [0.29, 0.717) is 0 Å². The van der Waals surface area contributed by atoms with Crippen LogP contribution in [0.25, 0.3) is 0 Å². The molecule has 0 aliphatic heterocycles. The normalized spacial score (nSPS) is 40.5. The largest absolute Gasteiger partial charge is 0.0649 e. The summed E-state index contributed by atoms with van der Waals surface area (Å²) in [6, 6.07) is 0. The molecule has 0 saturated carbocycles. The third kappa shape index (κ3) is 4.00. The first kappa shape index (κ1) is 0.765. The Morgan fingerprint density at radius 3 is 2.00 bits per heavy atom. The highest BCUT2D eigenvalue weighted by Crippen LogP contribution is 2.16. The molecule has 0 unspecified atom stereocenters. The molecule has 0 rings (SSSR count). The molecule has 0 fully saturated rings. The van der Waals surface area contributed by atoms with E-state index >= 15 is 0 Å². The van der Waals surface area contributed by atoms with Gasteiger partial charge in [0.25, 0.3) is 0 Å². The van der Waals surface area contributed by atoms with Gasteiger partial charge >= 0.3 is 0 Å². The van der Waals surface area contributed by atoms with Gasteiger partial charge in [0.15, 0.2) is 0 Å². The molecule has 0 N–H and O–H groups in total. The summed E-state index contributed by atoms with van der Waals surface area (Å²) in [5.74, 6) is 0. The van der Waals surface area contributed by atoms with Gasteiger partial charge in [0.05, 0.1) is 0 Å². The minimum absolute atomic E-state index is 0.448. The average molecular weight is 95.2 g/mol. The van der Waals surface area contributed by atoms with Crippen LogP contribution in [0, 0.1) is 5.41 Å². The van der Waals surface area contributed by atoms with Crippen LogP contribution in [0.2, 0.25) is 0 Å². The first-order valence-electron chi connectivity index (χ1n) is 6.31. The average Bonchev–Trinajstić information content (AvgIpc) is 1.76. The molecular weight excluding hydrogens is 72.1 g/mol. The molecular formula is C6H14. The lowest BCUT2D eigenvalue weighted by Gasteiger charge is -2.12. The maximum absolute atomic E-state index is 7.16. The van der Waals surface area contributed by atoms with Crippen molar-refractivity contribution in [3.8, 4) is 0 Å². The zero-order chi connectivity index (χ0) is 12.7. The molecule has 0 bridgehead atoms. The molecule has 0 amide bonds. The summed E-state index contributed by atoms with van der Waals surface area (Å²) >= 11 is 0. The highest BCUT2D eigenvalue weighted by atomic mass is 14.1. The van der Waals surface area contributed by atoms with E-state index in [4.69, 9.17) is 12.3 Å². The van der Waals surface area contributed by atoms with Crippen molar-refractivity contribution in [1.29, 1.82) is 0 Å². The topological polar surface area (TPSA) is 0 Å². The van der Waals surface area contributed by atoms with Crippen molar-refractivity contribution >= 4 is 0 Å². The van der Waals surface area contributed by atoms with E-state index in [2.05, 4.69) is 0 Å². The van der Waals surface area contributed by atoms with E-state index < -0.39 is 32.4 Å². The van der Waals surface area contributed by atoms with Gasteiger partial charge in [0.2, 0.25) is 0 Å². The zero-order valence-corrected chi connectivity index (χ0v) is 3.71. The Morgan fingerprint density at radius 1 is 1.50 bits per heavy atom. The SMILES string of the molecule is [2H]C([2H])([2H])C(CC)(C([2H])([2H])[2H])C([2H])([2H])[2H]. The van der Waals surface area contributed by atoms with Crippen molar-refractivity contribution in [2.75, 3.05) is 0 Å². The molecule has 0 aliphatic rings. The first-order chi connectivity index (χ1) is 6.31. The summed E-state index contributed by atoms with van der Waals surface area (Å²) < 4.78 is 64.5. The Hall–Kier alpha value is 0. The van der Waals surface area contributed by atoms with Crippen molar-refractivity contribution < 1.29 is 12.3 Å². The Bertz CT molecular complexity index is 180. The molecule has 0 aliphatic carbocycles. The van der Waals surface area contributed by atoms with Gasteiger partial charge in [-0.2, -0.15) is 0 Å². The van der Waals surface area contributed by atoms with Crippen LogP contribution in [0.4, 0.5) is 0 Å². The fraction of sp³-hybridized carbons (Fsp3) is 1.00. The summed E-state index contributed by atoms with van der Waals surface area (Å²) in [5.41, 5.74) is -2.65. The van der Waals surface area contributed by atoms with Crippen LogP contribution in [0.3, 0.4) is 0 Å². The van der Waals surface area contributed by atoms with E-state index in [1.165, 1.54) is 6.92 Å². The van der Waals surface area contributed by atoms with Crippen molar-refractivity contribution in [2.45, 2.75) is 33.9 Å². The van der Waals surface area contributed by atoms with Gasteiger partial charge in [-0.05, 0) is 5.41 Å². The van der Waals surface area contributed by atoms with Gasteiger partial charge < -0.3 is 0 Å². The Balaban J connectivity index is 5.78. The second-order valence-electron chi connectivity index (χ2n) is 1.26. The quantitative estimate of drug-likeness (QED) is 0.433. The van der Waals surface area contributed by atoms with Gasteiger partial charge in [-0.1, -0.05) is 33.9 Å². The molecule has 6 heavy (non-hydrogen) atoms. The van der Waals surface area contributed by atoms with Crippen LogP contribution in [0.15, 0.2) is 0 Å². The molecule has 0 heterocycles. The maximum atomic E-state index is 7.16. The minimum Gasteiger partial charge on any atom is -0.0649 e. The molecule has 0 aromatic rings. The Labute approximate surface area is 53.2 Å². The van der Waals surface area contributed by atoms with E-state index in [1.54, 1.807) is 0 Å². The van der Waals surface area contributed by atoms with Gasteiger partial charge in [0, 0.05) is 12.3 Å². The zero-order valence-electron chi connectivity index (χ0n) is 12.7. The second kappa shape index (κ2) is 1.63. The van der Waals surface area contributed by atoms with Gasteiger partial charge in [-0.15, -0.1) is 0 Å². The van der Waals surface area contributed by atoms with Crippen molar-refractivity contribution in [1.82, 2.24) is 0 Å². The van der Waals surface area contributed by atoms with Crippen molar-refractivity contribution in [3.63, 3.8) is 0 Å². The van der Waals surface area contributed by atoms with Crippen molar-refractivity contribution in [3.05, 3.63) is 0 Å². The van der Waals surface area contributed by atoms with E-state index in [-0.39, 0.29) is 0 Å². The second-order valence-corrected chi connectivity index (χ2v) is 1.26. The predicted molar refractivity (Wildman–Crippen MR) is 29.7 cm³/mol. The first-order valence-corrected chi connectivity index (χ1v) is 1.81. The third-order valence-corrected chi connectivity index (χ3v) is 0.530. The van der Waals surface area contributed by atoms with Crippen LogP contribution in [-0.2, 0) is 0 Å². The van der Waals surface area contributed by atoms with Gasteiger partial charge in [-0.25, -0.2) is 0 Å². The lowest BCUT2D eigenvalue weighted by atomic mass is 9.94. The summed E-state index contributed by atoms with van der Waals surface area (Å²) in [6.07, 6.45) is -0.448. The molecule has 0 spiro atoms. The predicted octanol–water partition coefficient (Wildman–Crippen LogP) is 2.44. The monoisotopic (exact) mass is 95.2 g/mol. The van der Waals surface area contributed by atoms with E-state index in [0.717, 1.165) is 0 Å². The summed E-state index contributed by atoms with van der Waals surface area (Å²) in [5, 5.41) is 0. The van der Waals surface area contributed by atoms with Crippen molar-refractivity contribution in [2.24, 2.45) is 5.41 Å². The molecule has 0 atom stereocenters. The third-order valence-electron chi connectivity index (χ3n) is 0.530. The molecule has 0 radical (unpaired) electrons. The summed E-state index contributed by atoms with van der Waals surface area (Å²) in [4.78, 5) is 0. The standard InChI is InChI=1S/C6H14/c1-5-6(2,3)4/h5H2,1-4H3/i2D3,3D3,4D3. The fourth-order valence-corrected chi connectivity index (χ4v) is 0. The molecule has 0 aromatic heterocycles. The Kier molecular flexibility index (Phi) is 0.208. The van der Waals surface area contributed by atoms with Crippen LogP contribution in [0.5, 0.6) is 0 Å². The minimum atomic E-state index is -3.04. The van der Waals surface area contributed by atoms with Gasteiger partial charge in [0.1, 0.15) is 0 Å². The highest BCUT2D eigenvalue weighted by Gasteiger charge is 2.03. The van der Waals surface area contributed by atoms with Crippen LogP contribution >= 0.6 is 0 Å². The number of rotatable bonds is 0. The van der Waals surface area contributed by atoms with E-state index in [1.807, 2.05) is 0 Å². The molecule has 0 heteroatoms. The van der Waals surface area contributed by atoms with E-state index in [9.17, 15) is 0 Å². The highest BCUT2D eigenvalue weighted by molar-refractivity contribution is 4.55. The lowest BCUT2D eigenvalue weighted by molar-refractivity contribution is 0.398. The van der Waals surface area contributed by atoms with Gasteiger partial charge in [-0.3, -0.25) is 0 Å². The molecule has 0 nitrogen and oxygen atoms in total. The number of hydrogen-bond donors (Lipinski definition) is 0. The fourth-order valence-electron chi connectivity index (χ4n) is 0. The molecule has 38 valence electrons. The summed E-state index contributed by atoms with van der Waals surface area (Å²) in [7, 11) is 0. The van der Waals surface area contributed by atoms with Crippen LogP contribution < -0.4 is 0 Å². The maximum Gasteiger partial charge on any atom is 0.0236 e. The summed E-state index contributed by atoms with van der Waals surface area (Å²) in [6.45, 7) is -7.86. The Morgan fingerprint density at radius 2 is 2.00 bits per heavy atom. The lowest BCUT2D eigenvalue weighted by Crippen LogP contribution is -2.00. The molecule has 0 aromatic carbocycles.